The van der Waals surface area contributed by atoms with Crippen LogP contribution in [0.25, 0.3) is 5.82 Å². The Labute approximate surface area is 174 Å². The van der Waals surface area contributed by atoms with E-state index in [1.54, 1.807) is 43.3 Å². The molecule has 0 aliphatic carbocycles. The van der Waals surface area contributed by atoms with E-state index in [4.69, 9.17) is 9.47 Å². The van der Waals surface area contributed by atoms with Crippen LogP contribution in [0.1, 0.15) is 12.8 Å². The highest BCUT2D eigenvalue weighted by molar-refractivity contribution is 5.94. The van der Waals surface area contributed by atoms with Gasteiger partial charge >= 0.3 is 0 Å². The first-order valence-corrected chi connectivity index (χ1v) is 9.79. The van der Waals surface area contributed by atoms with Gasteiger partial charge in [-0.05, 0) is 43.2 Å². The zero-order valence-corrected chi connectivity index (χ0v) is 17.0. The van der Waals surface area contributed by atoms with Crippen LogP contribution in [0.2, 0.25) is 0 Å². The molecule has 0 bridgehead atoms. The number of ether oxygens (including phenoxy) is 2. The van der Waals surface area contributed by atoms with Crippen LogP contribution in [0.4, 0.5) is 11.5 Å². The molecule has 0 saturated carbocycles. The summed E-state index contributed by atoms with van der Waals surface area (Å²) in [6, 6.07) is 11.0. The largest absolute Gasteiger partial charge is 0.497 e. The number of anilines is 2. The first-order valence-electron chi connectivity index (χ1n) is 9.79. The molecule has 0 spiro atoms. The lowest BCUT2D eigenvalue weighted by Crippen LogP contribution is -2.38. The molecule has 1 saturated heterocycles. The smallest absolute Gasteiger partial charge is 0.227 e. The summed E-state index contributed by atoms with van der Waals surface area (Å²) in [6.07, 6.45) is 5.00. The van der Waals surface area contributed by atoms with Gasteiger partial charge in [-0.1, -0.05) is 0 Å². The van der Waals surface area contributed by atoms with E-state index in [2.05, 4.69) is 25.5 Å². The van der Waals surface area contributed by atoms with Gasteiger partial charge in [0.05, 0.1) is 19.9 Å². The van der Waals surface area contributed by atoms with Crippen LogP contribution in [0, 0.1) is 5.92 Å². The monoisotopic (exact) mass is 408 g/mol. The second-order valence-electron chi connectivity index (χ2n) is 7.02. The van der Waals surface area contributed by atoms with Crippen LogP contribution >= 0.6 is 0 Å². The normalized spacial score (nSPS) is 14.4. The standard InChI is InChI=1S/C21H24N6O3/c1-29-16-4-5-18(30-2)17(14-16)23-21(28)15-8-12-26(13-9-15)19-6-7-20(25-24-19)27-11-3-10-22-27/h3-7,10-11,14-15H,8-9,12-13H2,1-2H3,(H,23,28). The Morgan fingerprint density at radius 1 is 1.07 bits per heavy atom. The molecule has 9 heteroatoms. The molecule has 0 unspecified atom stereocenters. The number of hydrogen-bond donors (Lipinski definition) is 1. The van der Waals surface area contributed by atoms with E-state index in [0.29, 0.717) is 23.0 Å². The first-order chi connectivity index (χ1) is 14.7. The van der Waals surface area contributed by atoms with E-state index in [0.717, 1.165) is 31.7 Å². The number of benzene rings is 1. The molecule has 0 radical (unpaired) electrons. The molecule has 30 heavy (non-hydrogen) atoms. The summed E-state index contributed by atoms with van der Waals surface area (Å²) in [7, 11) is 3.17. The number of carbonyl (C=O) groups is 1. The van der Waals surface area contributed by atoms with Crippen LogP contribution in [0.3, 0.4) is 0 Å². The third kappa shape index (κ3) is 4.19. The van der Waals surface area contributed by atoms with Gasteiger partial charge in [0.25, 0.3) is 0 Å². The van der Waals surface area contributed by atoms with E-state index in [1.807, 2.05) is 24.4 Å². The Bertz CT molecular complexity index is 982. The maximum absolute atomic E-state index is 12.8. The van der Waals surface area contributed by atoms with Crippen molar-refractivity contribution in [1.29, 1.82) is 0 Å². The third-order valence-electron chi connectivity index (χ3n) is 5.23. The lowest BCUT2D eigenvalue weighted by molar-refractivity contribution is -0.120. The second-order valence-corrected chi connectivity index (χ2v) is 7.02. The molecule has 0 atom stereocenters. The Morgan fingerprint density at radius 2 is 1.83 bits per heavy atom. The molecule has 3 aromatic rings. The zero-order valence-electron chi connectivity index (χ0n) is 17.0. The van der Waals surface area contributed by atoms with Gasteiger partial charge in [-0.15, -0.1) is 10.2 Å². The highest BCUT2D eigenvalue weighted by Gasteiger charge is 2.26. The average Bonchev–Trinajstić information content (AvgIpc) is 3.34. The molecule has 2 aromatic heterocycles. The third-order valence-corrected chi connectivity index (χ3v) is 5.23. The summed E-state index contributed by atoms with van der Waals surface area (Å²) in [4.78, 5) is 14.9. The SMILES string of the molecule is COc1ccc(OC)c(NC(=O)C2CCN(c3ccc(-n4cccn4)nn3)CC2)c1. The summed E-state index contributed by atoms with van der Waals surface area (Å²) >= 11 is 0. The van der Waals surface area contributed by atoms with Gasteiger partial charge in [0.2, 0.25) is 5.91 Å². The molecule has 9 nitrogen and oxygen atoms in total. The molecular formula is C21H24N6O3. The van der Waals surface area contributed by atoms with E-state index < -0.39 is 0 Å². The highest BCUT2D eigenvalue weighted by atomic mass is 16.5. The number of methoxy groups -OCH3 is 2. The maximum Gasteiger partial charge on any atom is 0.227 e. The van der Waals surface area contributed by atoms with Crippen molar-refractivity contribution in [1.82, 2.24) is 20.0 Å². The molecule has 1 aliphatic rings. The molecule has 1 aliphatic heterocycles. The van der Waals surface area contributed by atoms with E-state index in [9.17, 15) is 4.79 Å². The molecule has 4 rings (SSSR count). The lowest BCUT2D eigenvalue weighted by Gasteiger charge is -2.31. The maximum atomic E-state index is 12.8. The van der Waals surface area contributed by atoms with Crippen LogP contribution in [0.15, 0.2) is 48.8 Å². The minimum absolute atomic E-state index is 0.0127. The number of carbonyl (C=O) groups excluding carboxylic acids is 1. The molecule has 1 aromatic carbocycles. The van der Waals surface area contributed by atoms with Gasteiger partial charge in [-0.25, -0.2) is 4.68 Å². The van der Waals surface area contributed by atoms with Crippen LogP contribution < -0.4 is 19.7 Å². The van der Waals surface area contributed by atoms with E-state index >= 15 is 0 Å². The number of nitrogens with zero attached hydrogens (tertiary/aromatic N) is 5. The molecule has 1 fully saturated rings. The number of nitrogens with one attached hydrogen (secondary N) is 1. The van der Waals surface area contributed by atoms with Crippen LogP contribution in [0.5, 0.6) is 11.5 Å². The van der Waals surface area contributed by atoms with Crippen molar-refractivity contribution >= 4 is 17.4 Å². The Kier molecular flexibility index (Phi) is 5.78. The van der Waals surface area contributed by atoms with Crippen molar-refractivity contribution in [3.63, 3.8) is 0 Å². The van der Waals surface area contributed by atoms with Crippen LogP contribution in [-0.2, 0) is 4.79 Å². The van der Waals surface area contributed by atoms with E-state index in [1.165, 1.54) is 0 Å². The van der Waals surface area contributed by atoms with Crippen molar-refractivity contribution in [3.8, 4) is 17.3 Å². The number of piperidine rings is 1. The van der Waals surface area contributed by atoms with Crippen molar-refractivity contribution in [2.24, 2.45) is 5.92 Å². The Morgan fingerprint density at radius 3 is 2.47 bits per heavy atom. The number of aromatic nitrogens is 4. The Hall–Kier alpha value is -3.62. The van der Waals surface area contributed by atoms with Crippen molar-refractivity contribution in [3.05, 3.63) is 48.8 Å². The fourth-order valence-electron chi connectivity index (χ4n) is 3.53. The summed E-state index contributed by atoms with van der Waals surface area (Å²) in [6.45, 7) is 1.48. The van der Waals surface area contributed by atoms with Crippen molar-refractivity contribution < 1.29 is 14.3 Å². The fraction of sp³-hybridized carbons (Fsp3) is 0.333. The molecule has 3 heterocycles. The molecule has 1 N–H and O–H groups in total. The number of amides is 1. The van der Waals surface area contributed by atoms with Gasteiger partial charge in [-0.2, -0.15) is 5.10 Å². The van der Waals surface area contributed by atoms with E-state index in [-0.39, 0.29) is 11.8 Å². The van der Waals surface area contributed by atoms with Gasteiger partial charge < -0.3 is 19.7 Å². The second kappa shape index (κ2) is 8.81. The van der Waals surface area contributed by atoms with Crippen LogP contribution in [-0.4, -0.2) is 53.2 Å². The predicted molar refractivity (Wildman–Crippen MR) is 112 cm³/mol. The minimum Gasteiger partial charge on any atom is -0.497 e. The summed E-state index contributed by atoms with van der Waals surface area (Å²) in [5, 5.41) is 15.7. The van der Waals surface area contributed by atoms with Crippen molar-refractivity contribution in [2.75, 3.05) is 37.5 Å². The van der Waals surface area contributed by atoms with Crippen molar-refractivity contribution in [2.45, 2.75) is 12.8 Å². The first kappa shape index (κ1) is 19.7. The fourth-order valence-corrected chi connectivity index (χ4v) is 3.53. The summed E-state index contributed by atoms with van der Waals surface area (Å²) in [5.74, 6) is 2.66. The molecular weight excluding hydrogens is 384 g/mol. The van der Waals surface area contributed by atoms with Gasteiger partial charge in [-0.3, -0.25) is 4.79 Å². The predicted octanol–water partition coefficient (Wildman–Crippen LogP) is 2.53. The zero-order chi connectivity index (χ0) is 20.9. The van der Waals surface area contributed by atoms with Gasteiger partial charge in [0.15, 0.2) is 11.6 Å². The average molecular weight is 408 g/mol. The quantitative estimate of drug-likeness (QED) is 0.670. The minimum atomic E-state index is -0.0755. The molecule has 156 valence electrons. The highest BCUT2D eigenvalue weighted by Crippen LogP contribution is 2.30. The molecule has 1 amide bonds. The number of hydrogen-bond acceptors (Lipinski definition) is 7. The lowest BCUT2D eigenvalue weighted by atomic mass is 9.95. The topological polar surface area (TPSA) is 94.4 Å². The number of rotatable bonds is 6. The Balaban J connectivity index is 1.36. The van der Waals surface area contributed by atoms with Gasteiger partial charge in [0.1, 0.15) is 11.5 Å². The van der Waals surface area contributed by atoms with Gasteiger partial charge in [0, 0.05) is 37.5 Å². The summed E-state index contributed by atoms with van der Waals surface area (Å²) < 4.78 is 12.3. The summed E-state index contributed by atoms with van der Waals surface area (Å²) in [5.41, 5.74) is 0.615.